The van der Waals surface area contributed by atoms with Crippen molar-refractivity contribution >= 4 is 5.97 Å². The van der Waals surface area contributed by atoms with Crippen LogP contribution in [0.1, 0.15) is 16.7 Å². The van der Waals surface area contributed by atoms with E-state index in [1.807, 2.05) is 25.1 Å². The summed E-state index contributed by atoms with van der Waals surface area (Å²) in [6.07, 6.45) is 0.595. The van der Waals surface area contributed by atoms with E-state index in [-0.39, 0.29) is 0 Å². The van der Waals surface area contributed by atoms with Gasteiger partial charge in [-0.05, 0) is 30.0 Å². The minimum absolute atomic E-state index is 0.427. The van der Waals surface area contributed by atoms with Crippen molar-refractivity contribution in [1.82, 2.24) is 5.32 Å². The predicted molar refractivity (Wildman–Crippen MR) is 53.1 cm³/mol. The van der Waals surface area contributed by atoms with Crippen LogP contribution in [0.5, 0.6) is 0 Å². The van der Waals surface area contributed by atoms with Crippen LogP contribution in [0.2, 0.25) is 0 Å². The molecule has 0 saturated carbocycles. The average molecular weight is 191 g/mol. The molecule has 1 aromatic rings. The molecule has 0 spiro atoms. The lowest BCUT2D eigenvalue weighted by Crippen LogP contribution is -2.41. The van der Waals surface area contributed by atoms with Gasteiger partial charge in [0.1, 0.15) is 6.04 Å². The van der Waals surface area contributed by atoms with Crippen molar-refractivity contribution in [2.24, 2.45) is 0 Å². The number of nitrogens with one attached hydrogen (secondary N) is 1. The van der Waals surface area contributed by atoms with E-state index in [4.69, 9.17) is 5.11 Å². The average Bonchev–Trinajstić information content (AvgIpc) is 2.18. The topological polar surface area (TPSA) is 49.3 Å². The van der Waals surface area contributed by atoms with E-state index in [1.54, 1.807) is 0 Å². The number of aliphatic carboxylic acids is 1. The van der Waals surface area contributed by atoms with E-state index >= 15 is 0 Å². The largest absolute Gasteiger partial charge is 0.480 e. The molecule has 0 bridgehead atoms. The Kier molecular flexibility index (Phi) is 2.25. The maximum atomic E-state index is 10.8. The Bertz CT molecular complexity index is 374. The summed E-state index contributed by atoms with van der Waals surface area (Å²) in [5.74, 6) is -0.765. The fourth-order valence-corrected chi connectivity index (χ4v) is 1.90. The van der Waals surface area contributed by atoms with Crippen molar-refractivity contribution in [1.29, 1.82) is 0 Å². The van der Waals surface area contributed by atoms with Crippen LogP contribution < -0.4 is 5.32 Å². The minimum Gasteiger partial charge on any atom is -0.480 e. The van der Waals surface area contributed by atoms with Gasteiger partial charge in [0, 0.05) is 6.54 Å². The normalized spacial score (nSPS) is 20.2. The molecule has 0 aromatic heterocycles. The van der Waals surface area contributed by atoms with E-state index in [2.05, 4.69) is 5.32 Å². The summed E-state index contributed by atoms with van der Waals surface area (Å²) in [6, 6.07) is 5.66. The quantitative estimate of drug-likeness (QED) is 0.698. The molecule has 74 valence electrons. The fourth-order valence-electron chi connectivity index (χ4n) is 1.90. The highest BCUT2D eigenvalue weighted by atomic mass is 16.4. The van der Waals surface area contributed by atoms with Crippen LogP contribution in [0.25, 0.3) is 0 Å². The van der Waals surface area contributed by atoms with E-state index in [0.717, 1.165) is 0 Å². The number of hydrogen-bond acceptors (Lipinski definition) is 2. The van der Waals surface area contributed by atoms with Gasteiger partial charge >= 0.3 is 5.97 Å². The zero-order chi connectivity index (χ0) is 10.1. The molecule has 1 heterocycles. The molecule has 0 radical (unpaired) electrons. The summed E-state index contributed by atoms with van der Waals surface area (Å²) in [6.45, 7) is 2.69. The molecule has 3 nitrogen and oxygen atoms in total. The molecule has 14 heavy (non-hydrogen) atoms. The van der Waals surface area contributed by atoms with E-state index in [9.17, 15) is 4.79 Å². The standard InChI is InChI=1S/C11H13NO2/c1-7-3-2-4-8-6-12-10(11(13)14)5-9(7)8/h2-4,10,12H,5-6H2,1H3,(H,13,14). The van der Waals surface area contributed by atoms with Crippen LogP contribution in [0.15, 0.2) is 18.2 Å². The molecule has 0 amide bonds. The molecule has 1 aliphatic heterocycles. The molecule has 1 aromatic carbocycles. The van der Waals surface area contributed by atoms with Crippen LogP contribution in [-0.4, -0.2) is 17.1 Å². The first-order valence-electron chi connectivity index (χ1n) is 4.72. The summed E-state index contributed by atoms with van der Waals surface area (Å²) in [5, 5.41) is 11.9. The molecule has 1 aliphatic rings. The maximum Gasteiger partial charge on any atom is 0.321 e. The Labute approximate surface area is 82.8 Å². The third-order valence-corrected chi connectivity index (χ3v) is 2.75. The number of carboxylic acids is 1. The Balaban J connectivity index is 2.33. The molecule has 1 atom stereocenters. The molecular weight excluding hydrogens is 178 g/mol. The lowest BCUT2D eigenvalue weighted by Gasteiger charge is -2.24. The van der Waals surface area contributed by atoms with Gasteiger partial charge in [0.25, 0.3) is 0 Å². The van der Waals surface area contributed by atoms with Crippen LogP contribution in [0, 0.1) is 6.92 Å². The Morgan fingerprint density at radius 1 is 1.57 bits per heavy atom. The van der Waals surface area contributed by atoms with Crippen molar-refractivity contribution in [3.63, 3.8) is 0 Å². The van der Waals surface area contributed by atoms with Gasteiger partial charge in [-0.2, -0.15) is 0 Å². The number of aryl methyl sites for hydroxylation is 1. The highest BCUT2D eigenvalue weighted by Crippen LogP contribution is 2.20. The minimum atomic E-state index is -0.765. The molecule has 0 fully saturated rings. The van der Waals surface area contributed by atoms with Crippen LogP contribution in [-0.2, 0) is 17.8 Å². The van der Waals surface area contributed by atoms with Crippen LogP contribution in [0.4, 0.5) is 0 Å². The second-order valence-corrected chi connectivity index (χ2v) is 3.69. The summed E-state index contributed by atoms with van der Waals surface area (Å²) in [7, 11) is 0. The number of benzene rings is 1. The highest BCUT2D eigenvalue weighted by Gasteiger charge is 2.23. The van der Waals surface area contributed by atoms with Crippen molar-refractivity contribution < 1.29 is 9.90 Å². The maximum absolute atomic E-state index is 10.8. The number of carbonyl (C=O) groups is 1. The number of carboxylic acid groups (broad SMARTS) is 1. The summed E-state index contributed by atoms with van der Waals surface area (Å²) in [4.78, 5) is 10.8. The summed E-state index contributed by atoms with van der Waals surface area (Å²) < 4.78 is 0. The molecule has 0 aliphatic carbocycles. The van der Waals surface area contributed by atoms with Crippen LogP contribution >= 0.6 is 0 Å². The third kappa shape index (κ3) is 1.51. The van der Waals surface area contributed by atoms with E-state index in [1.165, 1.54) is 16.7 Å². The predicted octanol–water partition coefficient (Wildman–Crippen LogP) is 1.09. The number of fused-ring (bicyclic) bond motifs is 1. The highest BCUT2D eigenvalue weighted by molar-refractivity contribution is 5.74. The van der Waals surface area contributed by atoms with E-state index < -0.39 is 12.0 Å². The van der Waals surface area contributed by atoms with Gasteiger partial charge < -0.3 is 10.4 Å². The van der Waals surface area contributed by atoms with Crippen molar-refractivity contribution in [2.75, 3.05) is 0 Å². The van der Waals surface area contributed by atoms with Gasteiger partial charge in [-0.25, -0.2) is 0 Å². The first-order valence-corrected chi connectivity index (χ1v) is 4.72. The number of rotatable bonds is 1. The molecule has 2 N–H and O–H groups in total. The monoisotopic (exact) mass is 191 g/mol. The van der Waals surface area contributed by atoms with Crippen molar-refractivity contribution in [3.05, 3.63) is 34.9 Å². The van der Waals surface area contributed by atoms with Crippen molar-refractivity contribution in [2.45, 2.75) is 25.9 Å². The van der Waals surface area contributed by atoms with Gasteiger partial charge in [0.05, 0.1) is 0 Å². The Morgan fingerprint density at radius 2 is 2.36 bits per heavy atom. The van der Waals surface area contributed by atoms with Crippen LogP contribution in [0.3, 0.4) is 0 Å². The van der Waals surface area contributed by atoms with E-state index in [0.29, 0.717) is 13.0 Å². The zero-order valence-corrected chi connectivity index (χ0v) is 8.08. The first-order chi connectivity index (χ1) is 6.68. The van der Waals surface area contributed by atoms with Gasteiger partial charge in [0.2, 0.25) is 0 Å². The molecule has 0 saturated heterocycles. The van der Waals surface area contributed by atoms with Gasteiger partial charge in [-0.15, -0.1) is 0 Å². The number of hydrogen-bond donors (Lipinski definition) is 2. The smallest absolute Gasteiger partial charge is 0.321 e. The molecule has 3 heteroatoms. The molecule has 2 rings (SSSR count). The van der Waals surface area contributed by atoms with Gasteiger partial charge in [-0.3, -0.25) is 4.79 Å². The van der Waals surface area contributed by atoms with Gasteiger partial charge in [-0.1, -0.05) is 18.2 Å². The third-order valence-electron chi connectivity index (χ3n) is 2.75. The summed E-state index contributed by atoms with van der Waals surface area (Å²) >= 11 is 0. The lowest BCUT2D eigenvalue weighted by molar-refractivity contribution is -0.139. The Hall–Kier alpha value is -1.35. The second-order valence-electron chi connectivity index (χ2n) is 3.69. The first kappa shape index (κ1) is 9.21. The molecule has 1 unspecified atom stereocenters. The zero-order valence-electron chi connectivity index (χ0n) is 8.08. The fraction of sp³-hybridized carbons (Fsp3) is 0.364. The SMILES string of the molecule is Cc1cccc2c1CC(C(=O)O)NC2. The van der Waals surface area contributed by atoms with Crippen molar-refractivity contribution in [3.8, 4) is 0 Å². The van der Waals surface area contributed by atoms with Gasteiger partial charge in [0.15, 0.2) is 0 Å². The molecular formula is C11H13NO2. The lowest BCUT2D eigenvalue weighted by atomic mass is 9.92. The second kappa shape index (κ2) is 3.42. The Morgan fingerprint density at radius 3 is 3.07 bits per heavy atom. The summed E-state index contributed by atoms with van der Waals surface area (Å²) in [5.41, 5.74) is 3.61.